The number of esters is 1. The van der Waals surface area contributed by atoms with Crippen molar-refractivity contribution in [1.29, 1.82) is 0 Å². The summed E-state index contributed by atoms with van der Waals surface area (Å²) in [5.41, 5.74) is 2.26. The third kappa shape index (κ3) is 3.13. The Morgan fingerprint density at radius 3 is 2.36 bits per heavy atom. The zero-order chi connectivity index (χ0) is 18.0. The second-order valence-corrected chi connectivity index (χ2v) is 5.61. The molecule has 0 atom stereocenters. The topological polar surface area (TPSA) is 52.6 Å². The van der Waals surface area contributed by atoms with Crippen molar-refractivity contribution in [2.45, 2.75) is 6.92 Å². The van der Waals surface area contributed by atoms with Crippen molar-refractivity contribution in [1.82, 2.24) is 0 Å². The molecule has 0 saturated carbocycles. The first-order chi connectivity index (χ1) is 12.0. The quantitative estimate of drug-likeness (QED) is 0.418. The summed E-state index contributed by atoms with van der Waals surface area (Å²) < 4.78 is 10.8. The lowest BCUT2D eigenvalue weighted by atomic mass is 9.95. The van der Waals surface area contributed by atoms with Crippen LogP contribution in [-0.4, -0.2) is 27.2 Å². The van der Waals surface area contributed by atoms with E-state index in [2.05, 4.69) is 0 Å². The minimum absolute atomic E-state index is 0.327. The molecule has 4 nitrogen and oxygen atoms in total. The van der Waals surface area contributed by atoms with Gasteiger partial charge in [-0.2, -0.15) is 0 Å². The lowest BCUT2D eigenvalue weighted by molar-refractivity contribution is 0.0603. The molecule has 0 unspecified atom stereocenters. The number of aldehydes is 1. The van der Waals surface area contributed by atoms with Crippen LogP contribution in [-0.2, 0) is 4.74 Å². The van der Waals surface area contributed by atoms with Crippen LogP contribution >= 0.6 is 0 Å². The predicted molar refractivity (Wildman–Crippen MR) is 97.3 cm³/mol. The lowest BCUT2D eigenvalue weighted by Crippen LogP contribution is -2.05. The van der Waals surface area contributed by atoms with Gasteiger partial charge in [0.05, 0.1) is 12.7 Å². The molecule has 0 amide bonds. The fourth-order valence-corrected chi connectivity index (χ4v) is 2.78. The molecule has 2 radical (unpaired) electrons. The fraction of sp³-hybridized carbons (Fsp3) is 0.100. The Bertz CT molecular complexity index is 962. The van der Waals surface area contributed by atoms with Gasteiger partial charge < -0.3 is 9.47 Å². The fourth-order valence-electron chi connectivity index (χ4n) is 2.78. The lowest BCUT2D eigenvalue weighted by Gasteiger charge is -2.15. The number of aryl methyl sites for hydroxylation is 1. The Labute approximate surface area is 146 Å². The average Bonchev–Trinajstić information content (AvgIpc) is 2.63. The van der Waals surface area contributed by atoms with E-state index in [0.29, 0.717) is 38.9 Å². The zero-order valence-corrected chi connectivity index (χ0v) is 13.9. The smallest absolute Gasteiger partial charge is 0.338 e. The SMILES string of the molecule is [B]c1ccc(Oc2ccc(C=O)c3c(C(=O)OC)ccc(C)c23)cc1. The van der Waals surface area contributed by atoms with Crippen LogP contribution in [0.25, 0.3) is 10.8 Å². The molecule has 0 aliphatic carbocycles. The molecular formula is C20H15BO4. The molecule has 122 valence electrons. The van der Waals surface area contributed by atoms with Crippen LogP contribution < -0.4 is 10.2 Å². The van der Waals surface area contributed by atoms with Gasteiger partial charge in [-0.15, -0.1) is 0 Å². The van der Waals surface area contributed by atoms with E-state index >= 15 is 0 Å². The summed E-state index contributed by atoms with van der Waals surface area (Å²) in [6, 6.07) is 13.8. The standard InChI is InChI=1S/C20H15BO4/c1-12-3-9-16(20(23)24-2)19-13(11-22)4-10-17(18(12)19)25-15-7-5-14(21)6-8-15/h3-11H,1-2H3. The first-order valence-corrected chi connectivity index (χ1v) is 7.68. The molecule has 3 aromatic rings. The molecule has 0 aliphatic rings. The maximum absolute atomic E-state index is 12.1. The van der Waals surface area contributed by atoms with Crippen LogP contribution in [0.1, 0.15) is 26.3 Å². The van der Waals surface area contributed by atoms with Crippen LogP contribution in [0.4, 0.5) is 0 Å². The molecule has 0 spiro atoms. The van der Waals surface area contributed by atoms with Crippen molar-refractivity contribution >= 4 is 36.3 Å². The van der Waals surface area contributed by atoms with Crippen LogP contribution in [0.15, 0.2) is 48.5 Å². The van der Waals surface area contributed by atoms with Crippen molar-refractivity contribution in [3.8, 4) is 11.5 Å². The number of methoxy groups -OCH3 is 1. The molecule has 0 bridgehead atoms. The summed E-state index contributed by atoms with van der Waals surface area (Å²) in [4.78, 5) is 23.6. The highest BCUT2D eigenvalue weighted by atomic mass is 16.5. The van der Waals surface area contributed by atoms with E-state index in [1.807, 2.05) is 6.92 Å². The van der Waals surface area contributed by atoms with E-state index in [1.54, 1.807) is 48.5 Å². The van der Waals surface area contributed by atoms with Gasteiger partial charge in [0.2, 0.25) is 0 Å². The van der Waals surface area contributed by atoms with Gasteiger partial charge in [-0.25, -0.2) is 4.79 Å². The number of hydrogen-bond acceptors (Lipinski definition) is 4. The highest BCUT2D eigenvalue weighted by molar-refractivity contribution is 6.32. The molecule has 3 rings (SSSR count). The summed E-state index contributed by atoms with van der Waals surface area (Å²) in [5, 5.41) is 1.22. The van der Waals surface area contributed by atoms with Crippen LogP contribution in [0, 0.1) is 6.92 Å². The molecular weight excluding hydrogens is 315 g/mol. The van der Waals surface area contributed by atoms with Crippen molar-refractivity contribution in [2.24, 2.45) is 0 Å². The molecule has 3 aromatic carbocycles. The maximum Gasteiger partial charge on any atom is 0.338 e. The molecule has 0 aromatic heterocycles. The van der Waals surface area contributed by atoms with Gasteiger partial charge >= 0.3 is 5.97 Å². The minimum atomic E-state index is -0.502. The Morgan fingerprint density at radius 1 is 1.00 bits per heavy atom. The number of fused-ring (bicyclic) bond motifs is 1. The third-order valence-corrected chi connectivity index (χ3v) is 4.00. The highest BCUT2D eigenvalue weighted by Crippen LogP contribution is 2.36. The second-order valence-electron chi connectivity index (χ2n) is 5.61. The van der Waals surface area contributed by atoms with E-state index < -0.39 is 5.97 Å². The van der Waals surface area contributed by atoms with E-state index in [9.17, 15) is 9.59 Å². The predicted octanol–water partition coefficient (Wildman–Crippen LogP) is 3.33. The Kier molecular flexibility index (Phi) is 4.57. The maximum atomic E-state index is 12.1. The van der Waals surface area contributed by atoms with E-state index in [-0.39, 0.29) is 0 Å². The normalized spacial score (nSPS) is 10.5. The number of hydrogen-bond donors (Lipinski definition) is 0. The highest BCUT2D eigenvalue weighted by Gasteiger charge is 2.18. The number of benzene rings is 3. The Morgan fingerprint density at radius 2 is 1.72 bits per heavy atom. The zero-order valence-electron chi connectivity index (χ0n) is 13.9. The Balaban J connectivity index is 2.25. The van der Waals surface area contributed by atoms with Gasteiger partial charge in [-0.1, -0.05) is 23.7 Å². The van der Waals surface area contributed by atoms with Gasteiger partial charge in [0, 0.05) is 16.3 Å². The van der Waals surface area contributed by atoms with E-state index in [4.69, 9.17) is 17.3 Å². The molecule has 0 N–H and O–H groups in total. The summed E-state index contributed by atoms with van der Waals surface area (Å²) in [6.45, 7) is 1.90. The number of rotatable bonds is 4. The minimum Gasteiger partial charge on any atom is -0.465 e. The summed E-state index contributed by atoms with van der Waals surface area (Å²) in [6.07, 6.45) is 0.723. The van der Waals surface area contributed by atoms with Crippen molar-refractivity contribution < 1.29 is 19.1 Å². The van der Waals surface area contributed by atoms with Gasteiger partial charge in [0.1, 0.15) is 19.3 Å². The van der Waals surface area contributed by atoms with Gasteiger partial charge in [-0.05, 0) is 42.8 Å². The molecule has 0 fully saturated rings. The second kappa shape index (κ2) is 6.81. The largest absolute Gasteiger partial charge is 0.465 e. The van der Waals surface area contributed by atoms with Gasteiger partial charge in [0.15, 0.2) is 6.29 Å². The van der Waals surface area contributed by atoms with Gasteiger partial charge in [-0.3, -0.25) is 4.79 Å². The van der Waals surface area contributed by atoms with Crippen LogP contribution in [0.5, 0.6) is 11.5 Å². The van der Waals surface area contributed by atoms with Gasteiger partial charge in [0.25, 0.3) is 0 Å². The molecule has 0 aliphatic heterocycles. The van der Waals surface area contributed by atoms with Crippen LogP contribution in [0.3, 0.4) is 0 Å². The monoisotopic (exact) mass is 330 g/mol. The summed E-state index contributed by atoms with van der Waals surface area (Å²) >= 11 is 0. The molecule has 0 saturated heterocycles. The van der Waals surface area contributed by atoms with Crippen LogP contribution in [0.2, 0.25) is 0 Å². The van der Waals surface area contributed by atoms with Crippen molar-refractivity contribution in [3.63, 3.8) is 0 Å². The molecule has 0 heterocycles. The van der Waals surface area contributed by atoms with Crippen molar-refractivity contribution in [3.05, 3.63) is 65.2 Å². The average molecular weight is 330 g/mol. The third-order valence-electron chi connectivity index (χ3n) is 4.00. The van der Waals surface area contributed by atoms with E-state index in [0.717, 1.165) is 11.8 Å². The molecule has 5 heteroatoms. The summed E-state index contributed by atoms with van der Waals surface area (Å²) in [7, 11) is 7.00. The first kappa shape index (κ1) is 16.8. The van der Waals surface area contributed by atoms with E-state index in [1.165, 1.54) is 7.11 Å². The summed E-state index contributed by atoms with van der Waals surface area (Å²) in [5.74, 6) is 0.656. The van der Waals surface area contributed by atoms with Crippen molar-refractivity contribution in [2.75, 3.05) is 7.11 Å². The number of ether oxygens (including phenoxy) is 2. The molecule has 25 heavy (non-hydrogen) atoms. The number of carbonyl (C=O) groups is 2. The number of carbonyl (C=O) groups excluding carboxylic acids is 2. The Hall–Kier alpha value is -3.08. The first-order valence-electron chi connectivity index (χ1n) is 7.68.